The summed E-state index contributed by atoms with van der Waals surface area (Å²) in [6.07, 6.45) is -0.240. The van der Waals surface area contributed by atoms with Gasteiger partial charge in [0.25, 0.3) is 0 Å². The van der Waals surface area contributed by atoms with Crippen LogP contribution in [0.5, 0.6) is 0 Å². The van der Waals surface area contributed by atoms with Crippen molar-refractivity contribution in [2.75, 3.05) is 40.4 Å². The maximum atomic E-state index is 13.9. The van der Waals surface area contributed by atoms with Crippen LogP contribution < -0.4 is 0 Å². The molecule has 0 saturated carbocycles. The van der Waals surface area contributed by atoms with Gasteiger partial charge in [-0.05, 0) is 19.9 Å². The molecule has 7 heteroatoms. The van der Waals surface area contributed by atoms with Crippen LogP contribution >= 0.6 is 0 Å². The van der Waals surface area contributed by atoms with Gasteiger partial charge >= 0.3 is 0 Å². The molecule has 0 aliphatic carbocycles. The summed E-state index contributed by atoms with van der Waals surface area (Å²) in [6, 6.07) is 4.20. The van der Waals surface area contributed by atoms with E-state index in [1.807, 2.05) is 18.7 Å². The number of hydrogen-bond donors (Lipinski definition) is 0. The van der Waals surface area contributed by atoms with Crippen molar-refractivity contribution in [3.05, 3.63) is 35.4 Å². The third kappa shape index (κ3) is 5.73. The Balaban J connectivity index is 1.95. The topological polar surface area (TPSA) is 42.0 Å². The summed E-state index contributed by atoms with van der Waals surface area (Å²) in [4.78, 5) is 15.0. The molecule has 0 radical (unpaired) electrons. The van der Waals surface area contributed by atoms with Gasteiger partial charge in [-0.2, -0.15) is 0 Å². The molecule has 1 heterocycles. The van der Waals surface area contributed by atoms with E-state index in [0.29, 0.717) is 25.2 Å². The normalized spacial score (nSPS) is 20.5. The molecular weight excluding hydrogens is 330 g/mol. The molecule has 1 atom stereocenters. The zero-order valence-electron chi connectivity index (χ0n) is 15.2. The van der Waals surface area contributed by atoms with E-state index in [0.717, 1.165) is 6.07 Å². The van der Waals surface area contributed by atoms with Gasteiger partial charge in [0.1, 0.15) is 6.61 Å². The highest BCUT2D eigenvalue weighted by molar-refractivity contribution is 5.76. The summed E-state index contributed by atoms with van der Waals surface area (Å²) in [5.74, 6) is -1.77. The molecular formula is C18H26F2N2O3. The van der Waals surface area contributed by atoms with Gasteiger partial charge in [0.2, 0.25) is 5.91 Å². The van der Waals surface area contributed by atoms with Gasteiger partial charge in [-0.3, -0.25) is 9.69 Å². The van der Waals surface area contributed by atoms with Crippen molar-refractivity contribution < 1.29 is 23.0 Å². The van der Waals surface area contributed by atoms with Crippen molar-refractivity contribution in [1.29, 1.82) is 0 Å². The lowest BCUT2D eigenvalue weighted by Gasteiger charge is -2.42. The lowest BCUT2D eigenvalue weighted by atomic mass is 10.0. The van der Waals surface area contributed by atoms with Crippen molar-refractivity contribution in [2.45, 2.75) is 32.1 Å². The van der Waals surface area contributed by atoms with Crippen molar-refractivity contribution in [3.8, 4) is 0 Å². The largest absolute Gasteiger partial charge is 0.369 e. The quantitative estimate of drug-likeness (QED) is 0.782. The fourth-order valence-corrected chi connectivity index (χ4v) is 2.94. The van der Waals surface area contributed by atoms with Crippen LogP contribution in [0.15, 0.2) is 18.2 Å². The zero-order valence-corrected chi connectivity index (χ0v) is 15.2. The van der Waals surface area contributed by atoms with Crippen molar-refractivity contribution >= 4 is 5.91 Å². The number of carbonyl (C=O) groups is 1. The molecule has 1 aliphatic heterocycles. The zero-order chi connectivity index (χ0) is 18.6. The van der Waals surface area contributed by atoms with Crippen LogP contribution in [0, 0.1) is 11.6 Å². The summed E-state index contributed by atoms with van der Waals surface area (Å²) in [6.45, 7) is 5.56. The highest BCUT2D eigenvalue weighted by atomic mass is 19.2. The lowest BCUT2D eigenvalue weighted by Crippen LogP contribution is -2.53. The number of benzene rings is 1. The standard InChI is InChI=1S/C18H26F2N2O3/c1-18(2)12-22(8-13-6-5-7-15(19)17(13)20)9-14(25-18)10-24-11-16(23)21(3)4/h5-7,14H,8-12H2,1-4H3/t14-/m0/s1. The Morgan fingerprint density at radius 1 is 1.40 bits per heavy atom. The van der Waals surface area contributed by atoms with Crippen LogP contribution in [0.1, 0.15) is 19.4 Å². The Hall–Kier alpha value is -1.57. The molecule has 1 fully saturated rings. The van der Waals surface area contributed by atoms with Gasteiger partial charge in [-0.15, -0.1) is 0 Å². The molecule has 1 aliphatic rings. The number of hydrogen-bond acceptors (Lipinski definition) is 4. The first-order valence-electron chi connectivity index (χ1n) is 8.29. The maximum absolute atomic E-state index is 13.9. The van der Waals surface area contributed by atoms with Crippen molar-refractivity contribution in [3.63, 3.8) is 0 Å². The minimum atomic E-state index is -0.841. The second-order valence-corrected chi connectivity index (χ2v) is 7.19. The van der Waals surface area contributed by atoms with Gasteiger partial charge in [0.05, 0.1) is 18.3 Å². The first-order valence-corrected chi connectivity index (χ1v) is 8.29. The minimum absolute atomic E-state index is 0.00812. The second-order valence-electron chi connectivity index (χ2n) is 7.19. The van der Waals surface area contributed by atoms with Gasteiger partial charge in [-0.1, -0.05) is 12.1 Å². The van der Waals surface area contributed by atoms with E-state index in [1.165, 1.54) is 11.0 Å². The van der Waals surface area contributed by atoms with Gasteiger partial charge in [-0.25, -0.2) is 8.78 Å². The number of nitrogens with zero attached hydrogens (tertiary/aromatic N) is 2. The molecule has 1 aromatic rings. The van der Waals surface area contributed by atoms with E-state index in [1.54, 1.807) is 20.2 Å². The molecule has 140 valence electrons. The van der Waals surface area contributed by atoms with Crippen LogP contribution in [0.2, 0.25) is 0 Å². The maximum Gasteiger partial charge on any atom is 0.248 e. The first-order chi connectivity index (χ1) is 11.7. The SMILES string of the molecule is CN(C)C(=O)COC[C@@H]1CN(Cc2cccc(F)c2F)CC(C)(C)O1. The number of amides is 1. The summed E-state index contributed by atoms with van der Waals surface area (Å²) < 4.78 is 38.7. The summed E-state index contributed by atoms with van der Waals surface area (Å²) in [5.41, 5.74) is -0.123. The average Bonchev–Trinajstić information content (AvgIpc) is 2.50. The number of ether oxygens (including phenoxy) is 2. The number of carbonyl (C=O) groups excluding carboxylic acids is 1. The fourth-order valence-electron chi connectivity index (χ4n) is 2.94. The van der Waals surface area contributed by atoms with Gasteiger partial charge in [0.15, 0.2) is 11.6 Å². The smallest absolute Gasteiger partial charge is 0.248 e. The Morgan fingerprint density at radius 3 is 2.80 bits per heavy atom. The van der Waals surface area contributed by atoms with Crippen molar-refractivity contribution in [1.82, 2.24) is 9.80 Å². The Morgan fingerprint density at radius 2 is 2.12 bits per heavy atom. The summed E-state index contributed by atoms with van der Waals surface area (Å²) in [5, 5.41) is 0. The summed E-state index contributed by atoms with van der Waals surface area (Å²) >= 11 is 0. The predicted molar refractivity (Wildman–Crippen MR) is 90.1 cm³/mol. The number of rotatable bonds is 6. The van der Waals surface area contributed by atoms with Crippen LogP contribution in [0.25, 0.3) is 0 Å². The minimum Gasteiger partial charge on any atom is -0.369 e. The first kappa shape index (κ1) is 19.8. The molecule has 0 unspecified atom stereocenters. The molecule has 0 aromatic heterocycles. The fraction of sp³-hybridized carbons (Fsp3) is 0.611. The molecule has 2 rings (SSSR count). The molecule has 0 bridgehead atoms. The lowest BCUT2D eigenvalue weighted by molar-refractivity contribution is -0.161. The Kier molecular flexibility index (Phi) is 6.48. The number of morpholine rings is 1. The molecule has 0 spiro atoms. The van der Waals surface area contributed by atoms with Crippen LogP contribution in [0.4, 0.5) is 8.78 Å². The average molecular weight is 356 g/mol. The third-order valence-corrected chi connectivity index (χ3v) is 4.01. The highest BCUT2D eigenvalue weighted by Gasteiger charge is 2.34. The van der Waals surface area contributed by atoms with E-state index >= 15 is 0 Å². The second kappa shape index (κ2) is 8.21. The van der Waals surface area contributed by atoms with Crippen LogP contribution in [-0.4, -0.2) is 67.8 Å². The van der Waals surface area contributed by atoms with E-state index in [2.05, 4.69) is 0 Å². The molecule has 1 saturated heterocycles. The molecule has 5 nitrogen and oxygen atoms in total. The van der Waals surface area contributed by atoms with Crippen LogP contribution in [0.3, 0.4) is 0 Å². The molecule has 1 amide bonds. The Bertz CT molecular complexity index is 608. The molecule has 25 heavy (non-hydrogen) atoms. The third-order valence-electron chi connectivity index (χ3n) is 4.01. The highest BCUT2D eigenvalue weighted by Crippen LogP contribution is 2.24. The van der Waals surface area contributed by atoms with Gasteiger partial charge in [0, 0.05) is 39.3 Å². The number of halogens is 2. The van der Waals surface area contributed by atoms with Crippen LogP contribution in [-0.2, 0) is 20.8 Å². The van der Waals surface area contributed by atoms with Crippen molar-refractivity contribution in [2.24, 2.45) is 0 Å². The van der Waals surface area contributed by atoms with E-state index in [-0.39, 0.29) is 25.2 Å². The predicted octanol–water partition coefficient (Wildman–Crippen LogP) is 2.05. The van der Waals surface area contributed by atoms with E-state index in [9.17, 15) is 13.6 Å². The molecule has 0 N–H and O–H groups in total. The summed E-state index contributed by atoms with van der Waals surface area (Å²) in [7, 11) is 3.34. The van der Waals surface area contributed by atoms with E-state index < -0.39 is 17.2 Å². The number of likely N-dealkylation sites (N-methyl/N-ethyl adjacent to an activating group) is 1. The molecule has 1 aromatic carbocycles. The Labute approximate surface area is 147 Å². The van der Waals surface area contributed by atoms with E-state index in [4.69, 9.17) is 9.47 Å². The monoisotopic (exact) mass is 356 g/mol. The van der Waals surface area contributed by atoms with Gasteiger partial charge < -0.3 is 14.4 Å².